The van der Waals surface area contributed by atoms with Crippen molar-refractivity contribution in [3.8, 4) is 0 Å². The molecule has 0 amide bonds. The minimum atomic E-state index is -1.96. The van der Waals surface area contributed by atoms with E-state index in [-0.39, 0.29) is 6.42 Å². The second kappa shape index (κ2) is 2.52. The molecular formula is C6H8O5. The first kappa shape index (κ1) is 8.03. The van der Waals surface area contributed by atoms with E-state index in [1.807, 2.05) is 0 Å². The molecule has 1 fully saturated rings. The smallest absolute Gasteiger partial charge is 0.397 e. The van der Waals surface area contributed by atoms with Crippen LogP contribution in [0.3, 0.4) is 0 Å². The van der Waals surface area contributed by atoms with Crippen molar-refractivity contribution in [2.45, 2.75) is 18.5 Å². The molecule has 0 aromatic carbocycles. The molecular weight excluding hydrogens is 152 g/mol. The average Bonchev–Trinajstić information content (AvgIpc) is 2.08. The normalized spacial score (nSPS) is 36.2. The van der Waals surface area contributed by atoms with Gasteiger partial charge in [0.15, 0.2) is 0 Å². The van der Waals surface area contributed by atoms with E-state index in [2.05, 4.69) is 16.1 Å². The minimum absolute atomic E-state index is 0.0695. The first-order valence-corrected chi connectivity index (χ1v) is 2.99. The summed E-state index contributed by atoms with van der Waals surface area (Å²) in [6.45, 7) is 3.31. The Morgan fingerprint density at radius 1 is 1.82 bits per heavy atom. The molecule has 0 saturated carbocycles. The molecule has 0 radical (unpaired) electrons. The Labute approximate surface area is 62.8 Å². The zero-order valence-electron chi connectivity index (χ0n) is 5.69. The Kier molecular flexibility index (Phi) is 1.84. The number of ether oxygens (including phenoxy) is 2. The second-order valence-corrected chi connectivity index (χ2v) is 2.16. The van der Waals surface area contributed by atoms with Gasteiger partial charge in [0.05, 0.1) is 0 Å². The van der Waals surface area contributed by atoms with Crippen LogP contribution in [-0.4, -0.2) is 28.4 Å². The maximum absolute atomic E-state index is 10.3. The van der Waals surface area contributed by atoms with E-state index in [1.165, 1.54) is 6.08 Å². The maximum atomic E-state index is 10.3. The van der Waals surface area contributed by atoms with Crippen LogP contribution in [0, 0.1) is 0 Å². The van der Waals surface area contributed by atoms with Crippen LogP contribution in [0.5, 0.6) is 0 Å². The van der Waals surface area contributed by atoms with E-state index < -0.39 is 18.2 Å². The zero-order valence-corrected chi connectivity index (χ0v) is 5.69. The van der Waals surface area contributed by atoms with Crippen molar-refractivity contribution in [1.82, 2.24) is 0 Å². The number of hydrogen-bond donors (Lipinski definition) is 2. The van der Waals surface area contributed by atoms with Gasteiger partial charge in [0.1, 0.15) is 0 Å². The number of rotatable bonds is 2. The molecule has 0 bridgehead atoms. The first-order valence-electron chi connectivity index (χ1n) is 2.99. The molecule has 11 heavy (non-hydrogen) atoms. The third kappa shape index (κ3) is 1.33. The molecule has 2 N–H and O–H groups in total. The number of hydrogen-bond acceptors (Lipinski definition) is 5. The van der Waals surface area contributed by atoms with Crippen molar-refractivity contribution in [2.24, 2.45) is 0 Å². The molecule has 5 nitrogen and oxygen atoms in total. The second-order valence-electron chi connectivity index (χ2n) is 2.16. The highest BCUT2D eigenvalue weighted by molar-refractivity contribution is 5.62. The summed E-state index contributed by atoms with van der Waals surface area (Å²) in [6.07, 6.45) is -1.47. The summed E-state index contributed by atoms with van der Waals surface area (Å²) in [5.41, 5.74) is 0. The SMILES string of the molecule is C=CCC1(O)OC(=O)OC1O. The Bertz CT molecular complexity index is 189. The van der Waals surface area contributed by atoms with Crippen molar-refractivity contribution in [2.75, 3.05) is 0 Å². The molecule has 1 heterocycles. The lowest BCUT2D eigenvalue weighted by Crippen LogP contribution is -2.38. The monoisotopic (exact) mass is 160 g/mol. The van der Waals surface area contributed by atoms with Gasteiger partial charge in [-0.05, 0) is 0 Å². The number of carbonyl (C=O) groups is 1. The summed E-state index contributed by atoms with van der Waals surface area (Å²) in [4.78, 5) is 10.3. The molecule has 1 aliphatic rings. The number of cyclic esters (lactones) is 2. The van der Waals surface area contributed by atoms with Crippen molar-refractivity contribution in [1.29, 1.82) is 0 Å². The van der Waals surface area contributed by atoms with Crippen LogP contribution in [0.1, 0.15) is 6.42 Å². The average molecular weight is 160 g/mol. The van der Waals surface area contributed by atoms with E-state index in [0.717, 1.165) is 0 Å². The fraction of sp³-hybridized carbons (Fsp3) is 0.500. The quantitative estimate of drug-likeness (QED) is 0.429. The fourth-order valence-electron chi connectivity index (χ4n) is 0.751. The molecule has 0 aromatic heterocycles. The van der Waals surface area contributed by atoms with Crippen LogP contribution in [0.2, 0.25) is 0 Å². The minimum Gasteiger partial charge on any atom is -0.397 e. The topological polar surface area (TPSA) is 76.0 Å². The standard InChI is InChI=1S/C6H8O5/c1-2-3-6(9)4(7)10-5(8)11-6/h2,4,7,9H,1,3H2. The molecule has 62 valence electrons. The highest BCUT2D eigenvalue weighted by Crippen LogP contribution is 2.26. The van der Waals surface area contributed by atoms with Crippen molar-refractivity contribution in [3.63, 3.8) is 0 Å². The molecule has 2 unspecified atom stereocenters. The van der Waals surface area contributed by atoms with Gasteiger partial charge in [0, 0.05) is 6.42 Å². The van der Waals surface area contributed by atoms with E-state index >= 15 is 0 Å². The third-order valence-corrected chi connectivity index (χ3v) is 1.29. The molecule has 0 aromatic rings. The van der Waals surface area contributed by atoms with Gasteiger partial charge in [-0.1, -0.05) is 6.08 Å². The number of aliphatic hydroxyl groups is 2. The molecule has 1 saturated heterocycles. The lowest BCUT2D eigenvalue weighted by Gasteiger charge is -2.18. The Morgan fingerprint density at radius 2 is 2.45 bits per heavy atom. The summed E-state index contributed by atoms with van der Waals surface area (Å²) in [5.74, 6) is -1.96. The Morgan fingerprint density at radius 3 is 2.82 bits per heavy atom. The summed E-state index contributed by atoms with van der Waals surface area (Å²) in [7, 11) is 0. The van der Waals surface area contributed by atoms with Crippen LogP contribution in [0.15, 0.2) is 12.7 Å². The van der Waals surface area contributed by atoms with E-state index in [1.54, 1.807) is 0 Å². The predicted octanol–water partition coefficient (Wildman–Crippen LogP) is -0.264. The summed E-state index contributed by atoms with van der Waals surface area (Å²) in [6, 6.07) is 0. The van der Waals surface area contributed by atoms with Gasteiger partial charge in [-0.25, -0.2) is 4.79 Å². The lowest BCUT2D eigenvalue weighted by atomic mass is 10.2. The van der Waals surface area contributed by atoms with E-state index in [0.29, 0.717) is 0 Å². The highest BCUT2D eigenvalue weighted by atomic mass is 16.9. The van der Waals surface area contributed by atoms with Crippen LogP contribution in [0.4, 0.5) is 4.79 Å². The first-order chi connectivity index (χ1) is 5.08. The number of carbonyl (C=O) groups excluding carboxylic acids is 1. The molecule has 0 spiro atoms. The Hall–Kier alpha value is -1.07. The van der Waals surface area contributed by atoms with Crippen molar-refractivity contribution >= 4 is 6.16 Å². The fourth-order valence-corrected chi connectivity index (χ4v) is 0.751. The molecule has 5 heteroatoms. The van der Waals surface area contributed by atoms with Gasteiger partial charge in [0.2, 0.25) is 0 Å². The van der Waals surface area contributed by atoms with Crippen LogP contribution < -0.4 is 0 Å². The van der Waals surface area contributed by atoms with E-state index in [9.17, 15) is 9.90 Å². The van der Waals surface area contributed by atoms with Crippen LogP contribution >= 0.6 is 0 Å². The molecule has 2 atom stereocenters. The van der Waals surface area contributed by atoms with Gasteiger partial charge in [-0.15, -0.1) is 6.58 Å². The molecule has 0 aliphatic carbocycles. The predicted molar refractivity (Wildman–Crippen MR) is 33.3 cm³/mol. The Balaban J connectivity index is 2.69. The van der Waals surface area contributed by atoms with E-state index in [4.69, 9.17) is 5.11 Å². The van der Waals surface area contributed by atoms with Crippen LogP contribution in [-0.2, 0) is 9.47 Å². The number of aliphatic hydroxyl groups excluding tert-OH is 1. The van der Waals surface area contributed by atoms with Gasteiger partial charge < -0.3 is 19.7 Å². The lowest BCUT2D eigenvalue weighted by molar-refractivity contribution is -0.220. The maximum Gasteiger partial charge on any atom is 0.513 e. The van der Waals surface area contributed by atoms with Gasteiger partial charge >= 0.3 is 6.16 Å². The highest BCUT2D eigenvalue weighted by Gasteiger charge is 2.48. The summed E-state index contributed by atoms with van der Waals surface area (Å²) in [5, 5.41) is 18.1. The van der Waals surface area contributed by atoms with Gasteiger partial charge in [-0.2, -0.15) is 0 Å². The van der Waals surface area contributed by atoms with Gasteiger partial charge in [0.25, 0.3) is 12.1 Å². The molecule has 1 rings (SSSR count). The zero-order chi connectivity index (χ0) is 8.48. The third-order valence-electron chi connectivity index (χ3n) is 1.29. The summed E-state index contributed by atoms with van der Waals surface area (Å²) >= 11 is 0. The largest absolute Gasteiger partial charge is 0.513 e. The van der Waals surface area contributed by atoms with Crippen molar-refractivity contribution in [3.05, 3.63) is 12.7 Å². The van der Waals surface area contributed by atoms with Crippen LogP contribution in [0.25, 0.3) is 0 Å². The molecule has 1 aliphatic heterocycles. The summed E-state index contributed by atoms with van der Waals surface area (Å²) < 4.78 is 8.40. The van der Waals surface area contributed by atoms with Crippen molar-refractivity contribution < 1.29 is 24.5 Å². The van der Waals surface area contributed by atoms with Gasteiger partial charge in [-0.3, -0.25) is 0 Å².